The Labute approximate surface area is 245 Å². The molecule has 0 saturated carbocycles. The smallest absolute Gasteiger partial charge is 0.224 e. The fraction of sp³-hybridized carbons (Fsp3) is 0.226. The molecular weight excluding hydrogens is 549 g/mol. The Balaban J connectivity index is 1.20. The number of aromatic nitrogens is 7. The number of anilines is 1. The van der Waals surface area contributed by atoms with E-state index in [1.54, 1.807) is 30.9 Å². The summed E-state index contributed by atoms with van der Waals surface area (Å²) in [6, 6.07) is 10.1. The van der Waals surface area contributed by atoms with E-state index in [0.29, 0.717) is 68.7 Å². The van der Waals surface area contributed by atoms with Gasteiger partial charge < -0.3 is 20.4 Å². The molecule has 1 aliphatic rings. The van der Waals surface area contributed by atoms with Crippen molar-refractivity contribution in [1.29, 1.82) is 0 Å². The molecule has 11 nitrogen and oxygen atoms in total. The fourth-order valence-corrected chi connectivity index (χ4v) is 5.53. The van der Waals surface area contributed by atoms with E-state index in [1.165, 1.54) is 19.2 Å². The minimum Gasteiger partial charge on any atom is -0.497 e. The van der Waals surface area contributed by atoms with Gasteiger partial charge in [0.2, 0.25) is 5.91 Å². The normalized spacial score (nSPS) is 13.9. The van der Waals surface area contributed by atoms with Crippen LogP contribution in [0.2, 0.25) is 0 Å². The highest BCUT2D eigenvalue weighted by Gasteiger charge is 2.19. The molecule has 1 amide bonds. The van der Waals surface area contributed by atoms with Crippen LogP contribution in [-0.4, -0.2) is 61.2 Å². The predicted octanol–water partition coefficient (Wildman–Crippen LogP) is 5.10. The predicted molar refractivity (Wildman–Crippen MR) is 161 cm³/mol. The number of rotatable bonds is 7. The molecule has 43 heavy (non-hydrogen) atoms. The summed E-state index contributed by atoms with van der Waals surface area (Å²) in [6.07, 6.45) is 9.16. The van der Waals surface area contributed by atoms with E-state index >= 15 is 0 Å². The number of hydrogen-bond donors (Lipinski definition) is 4. The third-order valence-electron chi connectivity index (χ3n) is 7.69. The van der Waals surface area contributed by atoms with Gasteiger partial charge in [-0.15, -0.1) is 0 Å². The Kier molecular flexibility index (Phi) is 6.95. The van der Waals surface area contributed by atoms with Gasteiger partial charge in [0.1, 0.15) is 17.1 Å². The van der Waals surface area contributed by atoms with Crippen molar-refractivity contribution in [1.82, 2.24) is 40.4 Å². The van der Waals surface area contributed by atoms with Crippen LogP contribution in [0, 0.1) is 11.7 Å². The first kappa shape index (κ1) is 26.7. The summed E-state index contributed by atoms with van der Waals surface area (Å²) in [7, 11) is 1.49. The zero-order valence-electron chi connectivity index (χ0n) is 23.3. The molecule has 4 N–H and O–H groups in total. The van der Waals surface area contributed by atoms with Crippen LogP contribution in [0.1, 0.15) is 19.3 Å². The zero-order valence-corrected chi connectivity index (χ0v) is 23.3. The van der Waals surface area contributed by atoms with Crippen molar-refractivity contribution in [2.24, 2.45) is 5.92 Å². The van der Waals surface area contributed by atoms with Crippen LogP contribution >= 0.6 is 0 Å². The van der Waals surface area contributed by atoms with E-state index in [1.807, 2.05) is 18.2 Å². The molecular formula is C31H28FN9O2. The molecule has 0 bridgehead atoms. The topological polar surface area (TPSA) is 146 Å². The summed E-state index contributed by atoms with van der Waals surface area (Å²) in [5.41, 5.74) is 6.43. The van der Waals surface area contributed by atoms with E-state index in [2.05, 4.69) is 35.8 Å². The zero-order chi connectivity index (χ0) is 29.3. The molecule has 0 radical (unpaired) electrons. The minimum atomic E-state index is -0.419. The fourth-order valence-electron chi connectivity index (χ4n) is 5.53. The highest BCUT2D eigenvalue weighted by atomic mass is 19.1. The van der Waals surface area contributed by atoms with Crippen LogP contribution in [0.3, 0.4) is 0 Å². The van der Waals surface area contributed by atoms with Gasteiger partial charge in [-0.05, 0) is 67.7 Å². The van der Waals surface area contributed by atoms with Crippen molar-refractivity contribution in [3.63, 3.8) is 0 Å². The Bertz CT molecular complexity index is 1960. The number of amides is 1. The van der Waals surface area contributed by atoms with Crippen LogP contribution in [0.4, 0.5) is 10.1 Å². The highest BCUT2D eigenvalue weighted by molar-refractivity contribution is 5.96. The molecule has 1 fully saturated rings. The Morgan fingerprint density at radius 2 is 1.84 bits per heavy atom. The van der Waals surface area contributed by atoms with E-state index in [4.69, 9.17) is 14.7 Å². The van der Waals surface area contributed by atoms with Crippen molar-refractivity contribution < 1.29 is 13.9 Å². The number of ether oxygens (including phenoxy) is 1. The third kappa shape index (κ3) is 5.40. The minimum absolute atomic E-state index is 0.0122. The van der Waals surface area contributed by atoms with E-state index in [0.717, 1.165) is 37.0 Å². The Morgan fingerprint density at radius 3 is 2.70 bits per heavy atom. The van der Waals surface area contributed by atoms with Gasteiger partial charge in [0.25, 0.3) is 0 Å². The number of benzene rings is 1. The van der Waals surface area contributed by atoms with Gasteiger partial charge in [0, 0.05) is 36.0 Å². The number of pyridine rings is 3. The molecule has 1 aromatic carbocycles. The first-order valence-corrected chi connectivity index (χ1v) is 14.0. The second-order valence-corrected chi connectivity index (χ2v) is 10.6. The number of carbonyl (C=O) groups excluding carboxylic acids is 1. The molecule has 12 heteroatoms. The van der Waals surface area contributed by atoms with Gasteiger partial charge >= 0.3 is 0 Å². The number of halogens is 1. The molecule has 6 aromatic rings. The van der Waals surface area contributed by atoms with Crippen molar-refractivity contribution in [2.75, 3.05) is 25.5 Å². The molecule has 5 aromatic heterocycles. The number of hydrogen-bond acceptors (Lipinski definition) is 8. The number of nitrogens with one attached hydrogen (secondary N) is 4. The van der Waals surface area contributed by atoms with Crippen LogP contribution in [0.15, 0.2) is 61.2 Å². The van der Waals surface area contributed by atoms with Crippen LogP contribution in [0.5, 0.6) is 5.75 Å². The van der Waals surface area contributed by atoms with Gasteiger partial charge in [0.05, 0.1) is 47.4 Å². The number of aromatic amines is 2. The molecule has 7 rings (SSSR count). The maximum absolute atomic E-state index is 14.3. The molecule has 0 unspecified atom stereocenters. The summed E-state index contributed by atoms with van der Waals surface area (Å²) in [5, 5.41) is 13.8. The first-order chi connectivity index (χ1) is 21.0. The summed E-state index contributed by atoms with van der Waals surface area (Å²) in [5.74, 6) is 0.847. The van der Waals surface area contributed by atoms with E-state index in [-0.39, 0.29) is 5.91 Å². The third-order valence-corrected chi connectivity index (χ3v) is 7.69. The summed E-state index contributed by atoms with van der Waals surface area (Å²) in [6.45, 7) is 1.90. The van der Waals surface area contributed by atoms with Crippen LogP contribution < -0.4 is 15.4 Å². The number of piperidine rings is 1. The number of imidazole rings is 1. The number of nitrogens with zero attached hydrogens (tertiary/aromatic N) is 5. The summed E-state index contributed by atoms with van der Waals surface area (Å²) in [4.78, 5) is 34.3. The molecule has 0 atom stereocenters. The van der Waals surface area contributed by atoms with Crippen molar-refractivity contribution in [3.8, 4) is 39.7 Å². The summed E-state index contributed by atoms with van der Waals surface area (Å²) < 4.78 is 19.5. The number of methoxy groups -OCH3 is 1. The molecule has 0 aliphatic carbocycles. The number of fused-ring (bicyclic) bond motifs is 2. The lowest BCUT2D eigenvalue weighted by Gasteiger charge is -2.21. The van der Waals surface area contributed by atoms with Gasteiger partial charge in [-0.1, -0.05) is 0 Å². The van der Waals surface area contributed by atoms with E-state index < -0.39 is 5.82 Å². The van der Waals surface area contributed by atoms with E-state index in [9.17, 15) is 9.18 Å². The Hall–Kier alpha value is -5.23. The average Bonchev–Trinajstić information content (AvgIpc) is 3.65. The molecule has 1 aliphatic heterocycles. The lowest BCUT2D eigenvalue weighted by atomic mass is 9.94. The monoisotopic (exact) mass is 577 g/mol. The van der Waals surface area contributed by atoms with Gasteiger partial charge in [-0.2, -0.15) is 5.10 Å². The lowest BCUT2D eigenvalue weighted by Crippen LogP contribution is -2.30. The number of carbonyl (C=O) groups is 1. The maximum Gasteiger partial charge on any atom is 0.224 e. The van der Waals surface area contributed by atoms with Crippen molar-refractivity contribution in [2.45, 2.75) is 19.3 Å². The molecule has 1 saturated heterocycles. The number of H-pyrrole nitrogens is 2. The second-order valence-electron chi connectivity index (χ2n) is 10.6. The largest absolute Gasteiger partial charge is 0.497 e. The molecule has 0 spiro atoms. The average molecular weight is 578 g/mol. The standard InChI is InChI=1S/C31H28FN9O2/c1-43-22-11-18(9-20(32)12-22)23-15-35-16-26-28(23)39-31(38-26)30-29-25(40-41-30)3-2-24(37-29)19-10-21(14-34-13-19)36-27(42)8-17-4-6-33-7-5-17/h2-3,9-17,33H,4-8H2,1H3,(H,36,42)(H,38,39)(H,40,41). The van der Waals surface area contributed by atoms with Crippen LogP contribution in [0.25, 0.3) is 56.0 Å². The summed E-state index contributed by atoms with van der Waals surface area (Å²) >= 11 is 0. The first-order valence-electron chi connectivity index (χ1n) is 14.0. The van der Waals surface area contributed by atoms with Gasteiger partial charge in [0.15, 0.2) is 11.5 Å². The Morgan fingerprint density at radius 1 is 0.977 bits per heavy atom. The molecule has 6 heterocycles. The van der Waals surface area contributed by atoms with Crippen molar-refractivity contribution in [3.05, 3.63) is 67.0 Å². The van der Waals surface area contributed by atoms with Gasteiger partial charge in [-0.25, -0.2) is 14.4 Å². The highest BCUT2D eigenvalue weighted by Crippen LogP contribution is 2.33. The van der Waals surface area contributed by atoms with Crippen molar-refractivity contribution >= 4 is 33.7 Å². The maximum atomic E-state index is 14.3. The lowest BCUT2D eigenvalue weighted by molar-refractivity contribution is -0.117. The molecule has 216 valence electrons. The second kappa shape index (κ2) is 11.2. The van der Waals surface area contributed by atoms with Crippen LogP contribution in [-0.2, 0) is 4.79 Å². The SMILES string of the molecule is COc1cc(F)cc(-c2cncc3[nH]c(-c4n[nH]c5ccc(-c6cncc(NC(=O)CC7CCNCC7)c6)nc45)nc23)c1. The van der Waals surface area contributed by atoms with Gasteiger partial charge in [-0.3, -0.25) is 19.9 Å². The quantitative estimate of drug-likeness (QED) is 0.205.